The van der Waals surface area contributed by atoms with Gasteiger partial charge in [-0.25, -0.2) is 4.79 Å². The monoisotopic (exact) mass is 283 g/mol. The average molecular weight is 283 g/mol. The van der Waals surface area contributed by atoms with Gasteiger partial charge < -0.3 is 20.2 Å². The zero-order valence-electron chi connectivity index (χ0n) is 12.2. The minimum atomic E-state index is -0.849. The van der Waals surface area contributed by atoms with Crippen LogP contribution in [-0.4, -0.2) is 65.2 Å². The van der Waals surface area contributed by atoms with Crippen molar-refractivity contribution in [2.45, 2.75) is 51.1 Å². The molecule has 0 radical (unpaired) electrons. The fourth-order valence-electron chi connectivity index (χ4n) is 2.77. The highest BCUT2D eigenvalue weighted by Gasteiger charge is 2.33. The van der Waals surface area contributed by atoms with E-state index in [9.17, 15) is 9.59 Å². The van der Waals surface area contributed by atoms with Crippen LogP contribution in [0, 0.1) is 0 Å². The van der Waals surface area contributed by atoms with Crippen LogP contribution in [0.15, 0.2) is 0 Å². The van der Waals surface area contributed by atoms with Gasteiger partial charge >= 0.3 is 12.0 Å². The summed E-state index contributed by atoms with van der Waals surface area (Å²) in [6, 6.07) is 0.360. The van der Waals surface area contributed by atoms with E-state index >= 15 is 0 Å². The minimum absolute atomic E-state index is 0.0235. The number of carboxylic acid groups (broad SMARTS) is 1. The number of amides is 2. The quantitative estimate of drug-likeness (QED) is 0.766. The first-order valence-electron chi connectivity index (χ1n) is 7.61. The van der Waals surface area contributed by atoms with Gasteiger partial charge in [-0.15, -0.1) is 0 Å². The lowest BCUT2D eigenvalue weighted by atomic mass is 10.1. The second-order valence-electron chi connectivity index (χ2n) is 5.75. The third kappa shape index (κ3) is 4.37. The van der Waals surface area contributed by atoms with E-state index in [0.717, 1.165) is 45.3 Å². The molecule has 0 bridgehead atoms. The molecule has 2 fully saturated rings. The van der Waals surface area contributed by atoms with Crippen molar-refractivity contribution in [1.29, 1.82) is 0 Å². The molecule has 1 saturated carbocycles. The van der Waals surface area contributed by atoms with E-state index < -0.39 is 5.97 Å². The molecular weight excluding hydrogens is 258 g/mol. The van der Waals surface area contributed by atoms with Crippen molar-refractivity contribution >= 4 is 12.0 Å². The summed E-state index contributed by atoms with van der Waals surface area (Å²) in [5.41, 5.74) is 0. The summed E-state index contributed by atoms with van der Waals surface area (Å²) in [7, 11) is 0. The predicted octanol–water partition coefficient (Wildman–Crippen LogP) is 1.12. The van der Waals surface area contributed by atoms with Crippen LogP contribution < -0.4 is 5.32 Å². The zero-order valence-corrected chi connectivity index (χ0v) is 12.2. The summed E-state index contributed by atoms with van der Waals surface area (Å²) in [5.74, 6) is -0.849. The Morgan fingerprint density at radius 3 is 2.70 bits per heavy atom. The van der Waals surface area contributed by atoms with Crippen molar-refractivity contribution in [3.05, 3.63) is 0 Å². The van der Waals surface area contributed by atoms with Crippen LogP contribution in [0.2, 0.25) is 0 Å². The highest BCUT2D eigenvalue weighted by Crippen LogP contribution is 2.27. The Morgan fingerprint density at radius 2 is 2.10 bits per heavy atom. The van der Waals surface area contributed by atoms with Gasteiger partial charge in [0.1, 0.15) is 0 Å². The number of likely N-dealkylation sites (tertiary alicyclic amines) is 1. The number of aliphatic carboxylic acids is 1. The molecule has 2 N–H and O–H groups in total. The normalized spacial score (nSPS) is 23.4. The van der Waals surface area contributed by atoms with Gasteiger partial charge in [-0.05, 0) is 38.8 Å². The van der Waals surface area contributed by atoms with Gasteiger partial charge in [0.25, 0.3) is 0 Å². The molecule has 1 unspecified atom stereocenters. The van der Waals surface area contributed by atoms with Crippen molar-refractivity contribution in [3.8, 4) is 0 Å². The lowest BCUT2D eigenvalue weighted by Gasteiger charge is -2.34. The number of carbonyl (C=O) groups is 2. The molecule has 1 heterocycles. The SMILES string of the molecule is CCN1CCCC(NC(=O)N(CCC(=O)O)C2CC2)C1. The first kappa shape index (κ1) is 15.1. The first-order valence-corrected chi connectivity index (χ1v) is 7.61. The number of nitrogens with zero attached hydrogens (tertiary/aromatic N) is 2. The second-order valence-corrected chi connectivity index (χ2v) is 5.75. The number of likely N-dealkylation sites (N-methyl/N-ethyl adjacent to an activating group) is 1. The molecule has 0 spiro atoms. The van der Waals surface area contributed by atoms with Crippen molar-refractivity contribution in [2.24, 2.45) is 0 Å². The summed E-state index contributed by atoms with van der Waals surface area (Å²) >= 11 is 0. The van der Waals surface area contributed by atoms with Gasteiger partial charge in [0.2, 0.25) is 0 Å². The van der Waals surface area contributed by atoms with E-state index in [4.69, 9.17) is 5.11 Å². The van der Waals surface area contributed by atoms with Crippen molar-refractivity contribution < 1.29 is 14.7 Å². The van der Waals surface area contributed by atoms with Crippen LogP contribution in [-0.2, 0) is 4.79 Å². The molecule has 6 nitrogen and oxygen atoms in total. The lowest BCUT2D eigenvalue weighted by molar-refractivity contribution is -0.137. The van der Waals surface area contributed by atoms with Gasteiger partial charge in [0, 0.05) is 25.2 Å². The van der Waals surface area contributed by atoms with Gasteiger partial charge in [-0.1, -0.05) is 6.92 Å². The zero-order chi connectivity index (χ0) is 14.5. The largest absolute Gasteiger partial charge is 0.481 e. The molecule has 0 aromatic carbocycles. The van der Waals surface area contributed by atoms with Crippen LogP contribution in [0.4, 0.5) is 4.79 Å². The Bertz CT molecular complexity index is 358. The molecule has 2 aliphatic rings. The Hall–Kier alpha value is -1.30. The molecule has 2 rings (SSSR count). The molecule has 20 heavy (non-hydrogen) atoms. The standard InChI is InChI=1S/C14H25N3O3/c1-2-16-8-3-4-11(10-16)15-14(20)17(12-5-6-12)9-7-13(18)19/h11-12H,2-10H2,1H3,(H,15,20)(H,18,19). The highest BCUT2D eigenvalue weighted by atomic mass is 16.4. The molecule has 0 aromatic rings. The van der Waals surface area contributed by atoms with E-state index in [1.165, 1.54) is 0 Å². The fraction of sp³-hybridized carbons (Fsp3) is 0.857. The molecule has 1 atom stereocenters. The Morgan fingerprint density at radius 1 is 1.35 bits per heavy atom. The van der Waals surface area contributed by atoms with Gasteiger partial charge in [0.05, 0.1) is 6.42 Å². The van der Waals surface area contributed by atoms with Crippen molar-refractivity contribution in [1.82, 2.24) is 15.1 Å². The molecule has 6 heteroatoms. The molecule has 0 aromatic heterocycles. The van der Waals surface area contributed by atoms with E-state index in [0.29, 0.717) is 6.54 Å². The summed E-state index contributed by atoms with van der Waals surface area (Å²) in [5, 5.41) is 11.9. The van der Waals surface area contributed by atoms with Crippen LogP contribution >= 0.6 is 0 Å². The van der Waals surface area contributed by atoms with Crippen LogP contribution in [0.3, 0.4) is 0 Å². The number of urea groups is 1. The van der Waals surface area contributed by atoms with E-state index in [2.05, 4.69) is 17.1 Å². The summed E-state index contributed by atoms with van der Waals surface area (Å²) in [6.07, 6.45) is 4.14. The molecule has 1 saturated heterocycles. The number of hydrogen-bond donors (Lipinski definition) is 2. The molecule has 2 amide bonds. The van der Waals surface area contributed by atoms with Crippen LogP contribution in [0.1, 0.15) is 39.0 Å². The number of carbonyl (C=O) groups excluding carboxylic acids is 1. The number of carboxylic acids is 1. The number of hydrogen-bond acceptors (Lipinski definition) is 3. The van der Waals surface area contributed by atoms with Gasteiger partial charge in [-0.2, -0.15) is 0 Å². The van der Waals surface area contributed by atoms with E-state index in [1.807, 2.05) is 0 Å². The molecule has 114 valence electrons. The third-order valence-corrected chi connectivity index (χ3v) is 4.10. The minimum Gasteiger partial charge on any atom is -0.481 e. The topological polar surface area (TPSA) is 72.9 Å². The van der Waals surface area contributed by atoms with Gasteiger partial charge in [-0.3, -0.25) is 4.79 Å². The van der Waals surface area contributed by atoms with Crippen molar-refractivity contribution in [3.63, 3.8) is 0 Å². The van der Waals surface area contributed by atoms with E-state index in [-0.39, 0.29) is 24.5 Å². The molecule has 1 aliphatic heterocycles. The first-order chi connectivity index (χ1) is 9.60. The van der Waals surface area contributed by atoms with Crippen LogP contribution in [0.25, 0.3) is 0 Å². The maximum atomic E-state index is 12.3. The predicted molar refractivity (Wildman–Crippen MR) is 75.6 cm³/mol. The highest BCUT2D eigenvalue weighted by molar-refractivity contribution is 5.76. The summed E-state index contributed by atoms with van der Waals surface area (Å²) in [4.78, 5) is 27.0. The van der Waals surface area contributed by atoms with Gasteiger partial charge in [0.15, 0.2) is 0 Å². The smallest absolute Gasteiger partial charge is 0.317 e. The van der Waals surface area contributed by atoms with Crippen molar-refractivity contribution in [2.75, 3.05) is 26.2 Å². The van der Waals surface area contributed by atoms with Crippen LogP contribution in [0.5, 0.6) is 0 Å². The Kier molecular flexibility index (Phi) is 5.23. The second kappa shape index (κ2) is 6.92. The maximum Gasteiger partial charge on any atom is 0.317 e. The average Bonchev–Trinajstić information content (AvgIpc) is 3.23. The fourth-order valence-corrected chi connectivity index (χ4v) is 2.77. The Labute approximate surface area is 120 Å². The lowest BCUT2D eigenvalue weighted by Crippen LogP contribution is -2.52. The van der Waals surface area contributed by atoms with E-state index in [1.54, 1.807) is 4.90 Å². The summed E-state index contributed by atoms with van der Waals surface area (Å²) < 4.78 is 0. The molecular formula is C14H25N3O3. The third-order valence-electron chi connectivity index (χ3n) is 4.10. The molecule has 1 aliphatic carbocycles. The number of nitrogens with one attached hydrogen (secondary N) is 1. The Balaban J connectivity index is 1.83. The summed E-state index contributed by atoms with van der Waals surface area (Å²) in [6.45, 7) is 5.47. The maximum absolute atomic E-state index is 12.3. The number of rotatable bonds is 6. The number of piperidine rings is 1.